The molecule has 0 radical (unpaired) electrons. The molecule has 0 spiro atoms. The van der Waals surface area contributed by atoms with Gasteiger partial charge >= 0.3 is 8.56 Å². The predicted molar refractivity (Wildman–Crippen MR) is 91.5 cm³/mol. The topological polar surface area (TPSA) is 18.5 Å². The van der Waals surface area contributed by atoms with E-state index >= 15 is 0 Å². The van der Waals surface area contributed by atoms with Crippen LogP contribution in [-0.4, -0.2) is 22.8 Å². The van der Waals surface area contributed by atoms with Gasteiger partial charge in [-0.2, -0.15) is 0 Å². The van der Waals surface area contributed by atoms with Gasteiger partial charge < -0.3 is 8.85 Å². The molecule has 0 aromatic heterocycles. The Morgan fingerprint density at radius 1 is 0.550 bits per heavy atom. The van der Waals surface area contributed by atoms with Crippen LogP contribution < -0.4 is 0 Å². The average molecular weight is 303 g/mol. The third-order valence-electron chi connectivity index (χ3n) is 4.32. The van der Waals surface area contributed by atoms with Crippen molar-refractivity contribution in [3.8, 4) is 0 Å². The molecule has 0 N–H and O–H groups in total. The molecule has 0 bridgehead atoms. The quantitative estimate of drug-likeness (QED) is 0.271. The van der Waals surface area contributed by atoms with E-state index < -0.39 is 8.56 Å². The molecule has 0 amide bonds. The Labute approximate surface area is 128 Å². The maximum Gasteiger partial charge on any atom is 0.337 e. The second-order valence-corrected chi connectivity index (χ2v) is 9.64. The number of hydrogen-bond acceptors (Lipinski definition) is 2. The lowest BCUT2D eigenvalue weighted by Crippen LogP contribution is -2.39. The standard InChI is InChI=1S/C17H38O2Si/c1-5-7-9-11-13-15-17-20(18-3,19-4)16-14-12-10-8-6-2/h5-17H2,1-4H3. The normalized spacial score (nSPS) is 12.0. The first-order chi connectivity index (χ1) is 9.74. The molecule has 0 aromatic carbocycles. The molecule has 0 unspecified atom stereocenters. The lowest BCUT2D eigenvalue weighted by atomic mass is 10.1. The van der Waals surface area contributed by atoms with Crippen LogP contribution in [0, 0.1) is 0 Å². The van der Waals surface area contributed by atoms with Crippen LogP contribution in [0.25, 0.3) is 0 Å². The molecular weight excluding hydrogens is 264 g/mol. The first kappa shape index (κ1) is 20.1. The number of hydrogen-bond donors (Lipinski definition) is 0. The highest BCUT2D eigenvalue weighted by atomic mass is 28.4. The fraction of sp³-hybridized carbons (Fsp3) is 1.00. The van der Waals surface area contributed by atoms with Crippen molar-refractivity contribution in [1.82, 2.24) is 0 Å². The molecule has 0 saturated carbocycles. The molecule has 3 heteroatoms. The van der Waals surface area contributed by atoms with Gasteiger partial charge in [-0.3, -0.25) is 0 Å². The summed E-state index contributed by atoms with van der Waals surface area (Å²) in [6, 6.07) is 2.36. The summed E-state index contributed by atoms with van der Waals surface area (Å²) < 4.78 is 11.7. The minimum Gasteiger partial charge on any atom is -0.398 e. The molecule has 20 heavy (non-hydrogen) atoms. The largest absolute Gasteiger partial charge is 0.398 e. The van der Waals surface area contributed by atoms with Gasteiger partial charge in [-0.25, -0.2) is 0 Å². The number of rotatable bonds is 15. The Morgan fingerprint density at radius 3 is 1.25 bits per heavy atom. The zero-order valence-electron chi connectivity index (χ0n) is 14.5. The van der Waals surface area contributed by atoms with E-state index in [1.807, 2.05) is 14.2 Å². The van der Waals surface area contributed by atoms with Crippen LogP contribution in [-0.2, 0) is 8.85 Å². The maximum absolute atomic E-state index is 5.84. The van der Waals surface area contributed by atoms with Crippen LogP contribution in [0.5, 0.6) is 0 Å². The summed E-state index contributed by atoms with van der Waals surface area (Å²) in [5.74, 6) is 0. The van der Waals surface area contributed by atoms with Crippen molar-refractivity contribution in [1.29, 1.82) is 0 Å². The molecule has 0 atom stereocenters. The second kappa shape index (κ2) is 14.1. The van der Waals surface area contributed by atoms with E-state index in [-0.39, 0.29) is 0 Å². The highest BCUT2D eigenvalue weighted by molar-refractivity contribution is 6.67. The average Bonchev–Trinajstić information content (AvgIpc) is 2.48. The van der Waals surface area contributed by atoms with Gasteiger partial charge in [0.25, 0.3) is 0 Å². The lowest BCUT2D eigenvalue weighted by Gasteiger charge is -2.27. The summed E-state index contributed by atoms with van der Waals surface area (Å²) in [6.07, 6.45) is 14.8. The number of unbranched alkanes of at least 4 members (excludes halogenated alkanes) is 9. The second-order valence-electron chi connectivity index (χ2n) is 6.00. The predicted octanol–water partition coefficient (Wildman–Crippen LogP) is 6.05. The fourth-order valence-electron chi connectivity index (χ4n) is 2.79. The maximum atomic E-state index is 5.84. The molecular formula is C17H38O2Si. The molecule has 0 aliphatic heterocycles. The van der Waals surface area contributed by atoms with E-state index in [0.717, 1.165) is 0 Å². The van der Waals surface area contributed by atoms with Gasteiger partial charge in [0, 0.05) is 14.2 Å². The Bertz CT molecular complexity index is 193. The Hall–Kier alpha value is 0.137. The van der Waals surface area contributed by atoms with Crippen LogP contribution >= 0.6 is 0 Å². The molecule has 0 aliphatic carbocycles. The highest BCUT2D eigenvalue weighted by Gasteiger charge is 2.33. The van der Waals surface area contributed by atoms with E-state index in [2.05, 4.69) is 13.8 Å². The van der Waals surface area contributed by atoms with Gasteiger partial charge in [0.05, 0.1) is 0 Å². The van der Waals surface area contributed by atoms with Crippen molar-refractivity contribution in [3.63, 3.8) is 0 Å². The van der Waals surface area contributed by atoms with Crippen molar-refractivity contribution in [2.45, 2.75) is 96.6 Å². The van der Waals surface area contributed by atoms with Gasteiger partial charge in [-0.1, -0.05) is 84.5 Å². The summed E-state index contributed by atoms with van der Waals surface area (Å²) in [5, 5.41) is 0. The van der Waals surface area contributed by atoms with E-state index in [1.54, 1.807) is 0 Å². The first-order valence-electron chi connectivity index (χ1n) is 8.85. The van der Waals surface area contributed by atoms with Gasteiger partial charge in [-0.05, 0) is 12.1 Å². The SMILES string of the molecule is CCCCCCCC[Si](CCCCCCC)(OC)OC. The van der Waals surface area contributed by atoms with Crippen molar-refractivity contribution < 1.29 is 8.85 Å². The van der Waals surface area contributed by atoms with E-state index in [4.69, 9.17) is 8.85 Å². The van der Waals surface area contributed by atoms with E-state index in [1.165, 1.54) is 82.7 Å². The molecule has 122 valence electrons. The zero-order valence-corrected chi connectivity index (χ0v) is 15.5. The third-order valence-corrected chi connectivity index (χ3v) is 8.04. The minimum atomic E-state index is -1.87. The Morgan fingerprint density at radius 2 is 0.900 bits per heavy atom. The van der Waals surface area contributed by atoms with Gasteiger partial charge in [0.15, 0.2) is 0 Å². The van der Waals surface area contributed by atoms with Crippen molar-refractivity contribution in [3.05, 3.63) is 0 Å². The highest BCUT2D eigenvalue weighted by Crippen LogP contribution is 2.24. The third kappa shape index (κ3) is 9.95. The molecule has 0 aromatic rings. The van der Waals surface area contributed by atoms with Crippen LogP contribution in [0.15, 0.2) is 0 Å². The van der Waals surface area contributed by atoms with Crippen molar-refractivity contribution in [2.75, 3.05) is 14.2 Å². The van der Waals surface area contributed by atoms with E-state index in [9.17, 15) is 0 Å². The van der Waals surface area contributed by atoms with Crippen molar-refractivity contribution >= 4 is 8.56 Å². The minimum absolute atomic E-state index is 1.18. The van der Waals surface area contributed by atoms with Crippen LogP contribution in [0.4, 0.5) is 0 Å². The molecule has 2 nitrogen and oxygen atoms in total. The summed E-state index contributed by atoms with van der Waals surface area (Å²) in [6.45, 7) is 4.54. The van der Waals surface area contributed by atoms with Gasteiger partial charge in [0.2, 0.25) is 0 Å². The first-order valence-corrected chi connectivity index (χ1v) is 11.1. The van der Waals surface area contributed by atoms with Gasteiger partial charge in [-0.15, -0.1) is 0 Å². The molecule has 0 aliphatic rings. The van der Waals surface area contributed by atoms with Crippen LogP contribution in [0.1, 0.15) is 84.5 Å². The molecule has 0 rings (SSSR count). The van der Waals surface area contributed by atoms with Crippen LogP contribution in [0.3, 0.4) is 0 Å². The van der Waals surface area contributed by atoms with Crippen LogP contribution in [0.2, 0.25) is 12.1 Å². The fourth-order valence-corrected chi connectivity index (χ4v) is 5.60. The molecule has 0 saturated heterocycles. The smallest absolute Gasteiger partial charge is 0.337 e. The van der Waals surface area contributed by atoms with E-state index in [0.29, 0.717) is 0 Å². The summed E-state index contributed by atoms with van der Waals surface area (Å²) in [7, 11) is 1.85. The van der Waals surface area contributed by atoms with Gasteiger partial charge in [0.1, 0.15) is 0 Å². The monoisotopic (exact) mass is 302 g/mol. The summed E-state index contributed by atoms with van der Waals surface area (Å²) in [4.78, 5) is 0. The Balaban J connectivity index is 3.80. The molecule has 0 heterocycles. The van der Waals surface area contributed by atoms with Crippen molar-refractivity contribution in [2.24, 2.45) is 0 Å². The lowest BCUT2D eigenvalue weighted by molar-refractivity contribution is 0.238. The summed E-state index contributed by atoms with van der Waals surface area (Å²) in [5.41, 5.74) is 0. The Kier molecular flexibility index (Phi) is 14.2. The molecule has 0 fully saturated rings. The zero-order chi connectivity index (χ0) is 15.1. The summed E-state index contributed by atoms with van der Waals surface area (Å²) >= 11 is 0.